The van der Waals surface area contributed by atoms with Crippen LogP contribution in [0.2, 0.25) is 0 Å². The fourth-order valence-electron chi connectivity index (χ4n) is 8.72. The van der Waals surface area contributed by atoms with Gasteiger partial charge in [0.15, 0.2) is 17.5 Å². The van der Waals surface area contributed by atoms with E-state index in [-0.39, 0.29) is 0 Å². The monoisotopic (exact) mass is 808 g/mol. The number of hydrogen-bond acceptors (Lipinski definition) is 6. The molecule has 296 valence electrons. The number of hydrogen-bond donors (Lipinski definition) is 0. The van der Waals surface area contributed by atoms with Crippen molar-refractivity contribution in [2.45, 2.75) is 0 Å². The zero-order valence-corrected chi connectivity index (χ0v) is 33.9. The Morgan fingerprint density at radius 1 is 0.302 bits per heavy atom. The Balaban J connectivity index is 1.08. The lowest BCUT2D eigenvalue weighted by molar-refractivity contribution is 0.669. The zero-order valence-electron chi connectivity index (χ0n) is 33.9. The molecule has 0 saturated heterocycles. The highest BCUT2D eigenvalue weighted by atomic mass is 16.3. The first-order chi connectivity index (χ1) is 31.2. The summed E-state index contributed by atoms with van der Waals surface area (Å²) in [6.45, 7) is 0. The number of fused-ring (bicyclic) bond motifs is 6. The van der Waals surface area contributed by atoms with E-state index in [1.807, 2.05) is 84.9 Å². The summed E-state index contributed by atoms with van der Waals surface area (Å²) in [5, 5.41) is 3.98. The van der Waals surface area contributed by atoms with Crippen LogP contribution in [0.1, 0.15) is 0 Å². The molecule has 63 heavy (non-hydrogen) atoms. The van der Waals surface area contributed by atoms with Gasteiger partial charge in [0.25, 0.3) is 0 Å². The Labute approximate surface area is 363 Å². The normalized spacial score (nSPS) is 11.5. The maximum Gasteiger partial charge on any atom is 0.167 e. The summed E-state index contributed by atoms with van der Waals surface area (Å²) in [7, 11) is 0. The van der Waals surface area contributed by atoms with E-state index in [4.69, 9.17) is 23.8 Å². The molecule has 6 heteroatoms. The number of furan rings is 2. The highest BCUT2D eigenvalue weighted by Gasteiger charge is 2.25. The number of anilines is 3. The van der Waals surface area contributed by atoms with Gasteiger partial charge < -0.3 is 13.7 Å². The third kappa shape index (κ3) is 6.40. The molecule has 0 spiro atoms. The molecular weight excluding hydrogens is 773 g/mol. The van der Waals surface area contributed by atoms with Crippen molar-refractivity contribution in [2.24, 2.45) is 0 Å². The number of benzene rings is 9. The first-order valence-electron chi connectivity index (χ1n) is 21.0. The highest BCUT2D eigenvalue weighted by molar-refractivity contribution is 6.17. The Morgan fingerprint density at radius 3 is 1.35 bits per heavy atom. The van der Waals surface area contributed by atoms with Crippen molar-refractivity contribution in [1.29, 1.82) is 0 Å². The predicted octanol–water partition coefficient (Wildman–Crippen LogP) is 15.5. The van der Waals surface area contributed by atoms with Gasteiger partial charge in [-0.25, -0.2) is 15.0 Å². The molecule has 0 amide bonds. The fourth-order valence-corrected chi connectivity index (χ4v) is 8.72. The molecule has 0 aliphatic rings. The van der Waals surface area contributed by atoms with Crippen LogP contribution in [-0.2, 0) is 0 Å². The molecule has 12 rings (SSSR count). The van der Waals surface area contributed by atoms with Crippen molar-refractivity contribution >= 4 is 60.9 Å². The van der Waals surface area contributed by atoms with Crippen LogP contribution in [0.15, 0.2) is 227 Å². The topological polar surface area (TPSA) is 68.2 Å². The van der Waals surface area contributed by atoms with Crippen LogP contribution in [0.4, 0.5) is 17.1 Å². The van der Waals surface area contributed by atoms with Crippen molar-refractivity contribution < 1.29 is 8.83 Å². The second-order valence-electron chi connectivity index (χ2n) is 15.5. The van der Waals surface area contributed by atoms with E-state index in [1.165, 1.54) is 11.1 Å². The van der Waals surface area contributed by atoms with E-state index in [0.717, 1.165) is 83.2 Å². The highest BCUT2D eigenvalue weighted by Crippen LogP contribution is 2.47. The standard InChI is InChI=1S/C57H36N4O2/c1-4-15-37(16-5-1)39-27-31-42(32-28-39)61(43-33-29-40(30-34-43)38-17-6-2-7-18-38)49-36-35-48(54-52(49)46-22-11-13-26-51(46)63-54)57-59-55(41-19-8-3-9-20-41)58-56(60-57)47-24-14-23-45-44-21-10-12-25-50(44)62-53(45)47/h1-36H. The Hall–Kier alpha value is -8.61. The van der Waals surface area contributed by atoms with Crippen LogP contribution in [-0.4, -0.2) is 15.0 Å². The van der Waals surface area contributed by atoms with E-state index in [2.05, 4.69) is 138 Å². The summed E-state index contributed by atoms with van der Waals surface area (Å²) in [6, 6.07) is 75.2. The van der Waals surface area contributed by atoms with Gasteiger partial charge in [0, 0.05) is 33.1 Å². The van der Waals surface area contributed by atoms with Crippen molar-refractivity contribution in [3.63, 3.8) is 0 Å². The van der Waals surface area contributed by atoms with Gasteiger partial charge in [0.2, 0.25) is 0 Å². The average molecular weight is 809 g/mol. The smallest absolute Gasteiger partial charge is 0.167 e. The lowest BCUT2D eigenvalue weighted by Crippen LogP contribution is -2.10. The minimum Gasteiger partial charge on any atom is -0.455 e. The van der Waals surface area contributed by atoms with Crippen LogP contribution in [0.3, 0.4) is 0 Å². The summed E-state index contributed by atoms with van der Waals surface area (Å²) in [5.41, 5.74) is 13.0. The summed E-state index contributed by atoms with van der Waals surface area (Å²) in [6.07, 6.45) is 0. The quantitative estimate of drug-likeness (QED) is 0.152. The van der Waals surface area contributed by atoms with Gasteiger partial charge in [-0.2, -0.15) is 0 Å². The van der Waals surface area contributed by atoms with Gasteiger partial charge in [0.1, 0.15) is 22.3 Å². The largest absolute Gasteiger partial charge is 0.455 e. The molecule has 0 atom stereocenters. The second kappa shape index (κ2) is 15.1. The second-order valence-corrected chi connectivity index (χ2v) is 15.5. The lowest BCUT2D eigenvalue weighted by atomic mass is 10.0. The van der Waals surface area contributed by atoms with Gasteiger partial charge in [0.05, 0.1) is 22.2 Å². The molecule has 0 aliphatic carbocycles. The molecule has 12 aromatic rings. The third-order valence-electron chi connectivity index (χ3n) is 11.8. The molecule has 0 aliphatic heterocycles. The Kier molecular flexibility index (Phi) is 8.71. The molecule has 0 unspecified atom stereocenters. The molecule has 0 radical (unpaired) electrons. The van der Waals surface area contributed by atoms with Gasteiger partial charge in [-0.1, -0.05) is 164 Å². The van der Waals surface area contributed by atoms with E-state index >= 15 is 0 Å². The van der Waals surface area contributed by atoms with Crippen molar-refractivity contribution in [1.82, 2.24) is 15.0 Å². The molecule has 3 heterocycles. The number of aromatic nitrogens is 3. The average Bonchev–Trinajstić information content (AvgIpc) is 3.95. The Morgan fingerprint density at radius 2 is 0.746 bits per heavy atom. The summed E-state index contributed by atoms with van der Waals surface area (Å²) in [5.74, 6) is 1.56. The fraction of sp³-hybridized carbons (Fsp3) is 0. The first-order valence-corrected chi connectivity index (χ1v) is 21.0. The number of para-hydroxylation sites is 3. The predicted molar refractivity (Wildman–Crippen MR) is 256 cm³/mol. The molecule has 0 fully saturated rings. The third-order valence-corrected chi connectivity index (χ3v) is 11.8. The van der Waals surface area contributed by atoms with Crippen LogP contribution in [0.5, 0.6) is 0 Å². The minimum absolute atomic E-state index is 0.494. The maximum absolute atomic E-state index is 6.91. The van der Waals surface area contributed by atoms with E-state index < -0.39 is 0 Å². The first kappa shape index (κ1) is 36.3. The number of nitrogens with zero attached hydrogens (tertiary/aromatic N) is 4. The van der Waals surface area contributed by atoms with Crippen LogP contribution in [0, 0.1) is 0 Å². The van der Waals surface area contributed by atoms with Gasteiger partial charge in [-0.3, -0.25) is 0 Å². The molecule has 3 aromatic heterocycles. The maximum atomic E-state index is 6.91. The van der Waals surface area contributed by atoms with Crippen molar-refractivity contribution in [3.8, 4) is 56.4 Å². The van der Waals surface area contributed by atoms with E-state index in [0.29, 0.717) is 23.1 Å². The summed E-state index contributed by atoms with van der Waals surface area (Å²) < 4.78 is 13.4. The minimum atomic E-state index is 0.494. The van der Waals surface area contributed by atoms with Crippen LogP contribution < -0.4 is 4.90 Å². The van der Waals surface area contributed by atoms with Gasteiger partial charge in [-0.15, -0.1) is 0 Å². The summed E-state index contributed by atoms with van der Waals surface area (Å²) >= 11 is 0. The van der Waals surface area contributed by atoms with Gasteiger partial charge >= 0.3 is 0 Å². The van der Waals surface area contributed by atoms with Crippen LogP contribution >= 0.6 is 0 Å². The SMILES string of the molecule is c1ccc(-c2ccc(N(c3ccc(-c4ccccc4)cc3)c3ccc(-c4nc(-c5ccccc5)nc(-c5cccc6c5oc5ccccc56)n4)c4oc5ccccc5c34)cc2)cc1. The molecule has 0 N–H and O–H groups in total. The van der Waals surface area contributed by atoms with Crippen molar-refractivity contribution in [3.05, 3.63) is 218 Å². The molecule has 0 saturated carbocycles. The van der Waals surface area contributed by atoms with Crippen molar-refractivity contribution in [2.75, 3.05) is 4.90 Å². The molecular formula is C57H36N4O2. The van der Waals surface area contributed by atoms with E-state index in [1.54, 1.807) is 0 Å². The summed E-state index contributed by atoms with van der Waals surface area (Å²) in [4.78, 5) is 17.9. The lowest BCUT2D eigenvalue weighted by Gasteiger charge is -2.27. The van der Waals surface area contributed by atoms with Crippen LogP contribution in [0.25, 0.3) is 100 Å². The zero-order chi connectivity index (χ0) is 41.7. The van der Waals surface area contributed by atoms with E-state index in [9.17, 15) is 0 Å². The molecule has 9 aromatic carbocycles. The number of rotatable bonds is 8. The molecule has 0 bridgehead atoms. The van der Waals surface area contributed by atoms with Gasteiger partial charge in [-0.05, 0) is 76.9 Å². The Bertz CT molecular complexity index is 3520. The molecule has 6 nitrogen and oxygen atoms in total.